The lowest BCUT2D eigenvalue weighted by Gasteiger charge is -2.39. The van der Waals surface area contributed by atoms with E-state index in [1.54, 1.807) is 10.6 Å². The second-order valence-corrected chi connectivity index (χ2v) is 17.6. The maximum Gasteiger partial charge on any atom is 0.410 e. The third-order valence-corrected chi connectivity index (χ3v) is 11.9. The minimum absolute atomic E-state index is 0.0447. The molecule has 2 aliphatic rings. The number of aliphatic hydroxyl groups excluding tert-OH is 1. The number of hydrogen-bond donors (Lipinski definition) is 1. The van der Waals surface area contributed by atoms with Gasteiger partial charge in [0.15, 0.2) is 6.29 Å². The number of halogens is 3. The molecule has 3 aromatic carbocycles. The molecule has 3 aromatic rings. The Morgan fingerprint density at radius 3 is 1.92 bits per heavy atom. The van der Waals surface area contributed by atoms with E-state index in [4.69, 9.17) is 14.2 Å². The van der Waals surface area contributed by atoms with Gasteiger partial charge in [-0.2, -0.15) is 0 Å². The molecule has 1 fully saturated rings. The van der Waals surface area contributed by atoms with Gasteiger partial charge in [0.25, 0.3) is 0 Å². The van der Waals surface area contributed by atoms with Gasteiger partial charge in [-0.05, 0) is 69.2 Å². The Kier molecular flexibility index (Phi) is 17.0. The fourth-order valence-corrected chi connectivity index (χ4v) is 7.91. The van der Waals surface area contributed by atoms with Crippen molar-refractivity contribution in [3.05, 3.63) is 120 Å². The number of allylic oxidation sites excluding steroid dienone is 1. The Labute approximate surface area is 323 Å². The lowest BCUT2D eigenvalue weighted by Crippen LogP contribution is -2.52. The number of aliphatic hydroxyl groups is 1. The third-order valence-electron chi connectivity index (χ3n) is 8.82. The van der Waals surface area contributed by atoms with Crippen LogP contribution in [0.1, 0.15) is 63.1 Å². The van der Waals surface area contributed by atoms with E-state index >= 15 is 0 Å². The summed E-state index contributed by atoms with van der Waals surface area (Å²) in [5.74, 6) is 0. The lowest BCUT2D eigenvalue weighted by atomic mass is 10.0. The Morgan fingerprint density at radius 2 is 1.42 bits per heavy atom. The molecule has 12 heteroatoms. The Hall–Kier alpha value is -2.91. The molecule has 0 spiro atoms. The van der Waals surface area contributed by atoms with E-state index < -0.39 is 59.7 Å². The molecule has 0 aromatic heterocycles. The van der Waals surface area contributed by atoms with E-state index in [9.17, 15) is 22.9 Å². The fourth-order valence-electron chi connectivity index (χ4n) is 5.98. The first-order chi connectivity index (χ1) is 25.0. The number of amides is 1. The van der Waals surface area contributed by atoms with Crippen LogP contribution in [0.3, 0.4) is 0 Å². The number of alkyl halides is 3. The number of carbonyl (C=O) groups is 1. The second kappa shape index (κ2) is 21.1. The highest BCUT2D eigenvalue weighted by Crippen LogP contribution is 2.30. The number of rotatable bonds is 13. The van der Waals surface area contributed by atoms with E-state index in [2.05, 4.69) is 22.6 Å². The van der Waals surface area contributed by atoms with Gasteiger partial charge < -0.3 is 19.3 Å². The Balaban J connectivity index is 0.000000239. The summed E-state index contributed by atoms with van der Waals surface area (Å²) >= 11 is 2.12. The monoisotopic (exact) mass is 852 g/mol. The van der Waals surface area contributed by atoms with Crippen LogP contribution >= 0.6 is 22.6 Å². The third kappa shape index (κ3) is 12.6. The predicted octanol–water partition coefficient (Wildman–Crippen LogP) is 8.45. The van der Waals surface area contributed by atoms with Crippen molar-refractivity contribution in [2.75, 3.05) is 13.3 Å². The summed E-state index contributed by atoms with van der Waals surface area (Å²) in [5, 5.41) is 10.1. The normalized spacial score (nSPS) is 21.9. The minimum atomic E-state index is -1.32. The summed E-state index contributed by atoms with van der Waals surface area (Å²) in [5.41, 5.74) is 2.75. The summed E-state index contributed by atoms with van der Waals surface area (Å²) in [6.45, 7) is 5.14. The molecule has 8 nitrogen and oxygen atoms in total. The second-order valence-electron chi connectivity index (χ2n) is 13.8. The van der Waals surface area contributed by atoms with Crippen molar-refractivity contribution >= 4 is 39.7 Å². The maximum absolute atomic E-state index is 14.1. The van der Waals surface area contributed by atoms with Crippen LogP contribution in [0.25, 0.3) is 0 Å². The van der Waals surface area contributed by atoms with E-state index in [0.717, 1.165) is 29.5 Å². The first kappa shape index (κ1) is 41.8. The van der Waals surface area contributed by atoms with Gasteiger partial charge in [0.1, 0.15) is 37.0 Å². The highest BCUT2D eigenvalue weighted by Gasteiger charge is 2.39. The van der Waals surface area contributed by atoms with E-state index in [-0.39, 0.29) is 23.2 Å². The van der Waals surface area contributed by atoms with E-state index in [1.807, 2.05) is 118 Å². The van der Waals surface area contributed by atoms with Crippen LogP contribution in [0.2, 0.25) is 0 Å². The quantitative estimate of drug-likeness (QED) is 0.137. The molecule has 1 N–H and O–H groups in total. The van der Waals surface area contributed by atoms with Gasteiger partial charge in [-0.1, -0.05) is 114 Å². The highest BCUT2D eigenvalue weighted by molar-refractivity contribution is 14.1. The van der Waals surface area contributed by atoms with Gasteiger partial charge in [0, 0.05) is 13.1 Å². The van der Waals surface area contributed by atoms with Crippen LogP contribution < -0.4 is 0 Å². The maximum atomic E-state index is 14.1. The van der Waals surface area contributed by atoms with Gasteiger partial charge in [0.2, 0.25) is 0 Å². The number of ether oxygens (including phenoxy) is 3. The van der Waals surface area contributed by atoms with Gasteiger partial charge in [-0.15, -0.1) is 0 Å². The zero-order valence-corrected chi connectivity index (χ0v) is 33.0. The van der Waals surface area contributed by atoms with Gasteiger partial charge in [-0.3, -0.25) is 4.90 Å². The van der Waals surface area contributed by atoms with Crippen molar-refractivity contribution in [3.8, 4) is 0 Å². The first-order valence-electron chi connectivity index (χ1n) is 17.7. The molecule has 1 saturated heterocycles. The van der Waals surface area contributed by atoms with Gasteiger partial charge in [-0.25, -0.2) is 22.1 Å². The summed E-state index contributed by atoms with van der Waals surface area (Å²) in [6, 6.07) is 27.2. The summed E-state index contributed by atoms with van der Waals surface area (Å²) in [4.78, 5) is 14.3. The van der Waals surface area contributed by atoms with Crippen LogP contribution in [0.5, 0.6) is 0 Å². The fraction of sp³-hybridized carbons (Fsp3) is 0.475. The molecule has 52 heavy (non-hydrogen) atoms. The molecular formula is C40H51F2IN2O6S. The average Bonchev–Trinajstić information content (AvgIpc) is 3.16. The van der Waals surface area contributed by atoms with Gasteiger partial charge >= 0.3 is 6.09 Å². The minimum Gasteiger partial charge on any atom is -0.497 e. The van der Waals surface area contributed by atoms with Crippen molar-refractivity contribution in [2.24, 2.45) is 0 Å². The SMILES string of the molecule is CC(C)(C)[S@@](=O)N(Cc1ccccc1)[C@H](CF)[C@@H]1CCC=CO1.O=C(OCc1ccccc1)N(Cc1ccccc1)[C@H](CF)[C@@H]1CCC(I)C(O)O1. The molecule has 0 aliphatic carbocycles. The van der Waals surface area contributed by atoms with Crippen LogP contribution in [0.4, 0.5) is 13.6 Å². The van der Waals surface area contributed by atoms with Crippen LogP contribution in [-0.4, -0.2) is 77.2 Å². The van der Waals surface area contributed by atoms with E-state index in [1.165, 1.54) is 4.90 Å². The number of carbonyl (C=O) groups excluding carboxylic acids is 1. The van der Waals surface area contributed by atoms with Gasteiger partial charge in [0.05, 0.1) is 33.1 Å². The molecule has 0 saturated carbocycles. The molecule has 2 unspecified atom stereocenters. The summed E-state index contributed by atoms with van der Waals surface area (Å²) < 4.78 is 59.0. The van der Waals surface area contributed by atoms with Crippen LogP contribution in [-0.2, 0) is 44.9 Å². The smallest absolute Gasteiger partial charge is 0.410 e. The van der Waals surface area contributed by atoms with Crippen molar-refractivity contribution in [2.45, 2.75) is 105 Å². The Morgan fingerprint density at radius 1 is 0.865 bits per heavy atom. The molecule has 0 bridgehead atoms. The standard InChI is InChI=1S/C22H25FINO4.C18H26FNO2S/c23-13-19(20-12-11-18(24)21(26)29-20)25(14-16-7-3-1-4-8-16)22(27)28-15-17-9-5-2-6-10-17;1-18(2,3)23(21)20(14-15-9-5-4-6-10-15)16(13-19)17-11-7-8-12-22-17/h1-10,18-21,26H,11-15H2;4-6,8-10,12,16-17H,7,11,13-14H2,1-3H3/t18?,19-,20+,21?;16-,17+,23-/m11/s1. The number of benzene rings is 3. The molecule has 5 rings (SSSR count). The van der Waals surface area contributed by atoms with Crippen molar-refractivity contribution in [1.29, 1.82) is 0 Å². The lowest BCUT2D eigenvalue weighted by molar-refractivity contribution is -0.174. The molecular weight excluding hydrogens is 801 g/mol. The van der Waals surface area contributed by atoms with Crippen LogP contribution in [0.15, 0.2) is 103 Å². The molecule has 2 heterocycles. The molecule has 284 valence electrons. The average molecular weight is 853 g/mol. The van der Waals surface area contributed by atoms with E-state index in [0.29, 0.717) is 19.4 Å². The number of nitrogens with zero attached hydrogens (tertiary/aromatic N) is 2. The predicted molar refractivity (Wildman–Crippen MR) is 209 cm³/mol. The molecule has 1 amide bonds. The molecule has 2 aliphatic heterocycles. The van der Waals surface area contributed by atoms with Crippen molar-refractivity contribution in [1.82, 2.24) is 9.21 Å². The highest BCUT2D eigenvalue weighted by atomic mass is 127. The first-order valence-corrected chi connectivity index (χ1v) is 20.0. The molecule has 0 radical (unpaired) electrons. The largest absolute Gasteiger partial charge is 0.497 e. The zero-order chi connectivity index (χ0) is 37.5. The topological polar surface area (TPSA) is 88.5 Å². The summed E-state index contributed by atoms with van der Waals surface area (Å²) in [6.07, 6.45) is 4.02. The van der Waals surface area contributed by atoms with Crippen molar-refractivity contribution < 1.29 is 37.1 Å². The molecule has 7 atom stereocenters. The Bertz CT molecular complexity index is 1540. The van der Waals surface area contributed by atoms with Crippen LogP contribution in [0, 0.1) is 0 Å². The number of hydrogen-bond acceptors (Lipinski definition) is 6. The zero-order valence-electron chi connectivity index (χ0n) is 30.1. The van der Waals surface area contributed by atoms with Crippen molar-refractivity contribution in [3.63, 3.8) is 0 Å². The summed E-state index contributed by atoms with van der Waals surface area (Å²) in [7, 11) is -1.32.